The monoisotopic (exact) mass is 490 g/mol. The van der Waals surface area contributed by atoms with Gasteiger partial charge in [0.2, 0.25) is 12.7 Å². The van der Waals surface area contributed by atoms with E-state index in [1.165, 1.54) is 12.1 Å². The molecule has 1 N–H and O–H groups in total. The zero-order chi connectivity index (χ0) is 24.6. The molecule has 6 rings (SSSR count). The SMILES string of the molecule is O=C(Nc1ccc2c(c1)OCO2)C1CCN(C(=O)c2nn(-c3ccc(F)cc3)c3c2CCCC3)CC1. The fourth-order valence-electron chi connectivity index (χ4n) is 5.28. The summed E-state index contributed by atoms with van der Waals surface area (Å²) in [5.74, 6) is 0.662. The maximum Gasteiger partial charge on any atom is 0.274 e. The highest BCUT2D eigenvalue weighted by Crippen LogP contribution is 2.35. The first-order chi connectivity index (χ1) is 17.6. The van der Waals surface area contributed by atoms with Crippen LogP contribution in [0.2, 0.25) is 0 Å². The van der Waals surface area contributed by atoms with Crippen LogP contribution in [0.1, 0.15) is 47.4 Å². The van der Waals surface area contributed by atoms with Gasteiger partial charge in [0.25, 0.3) is 5.91 Å². The molecule has 186 valence electrons. The van der Waals surface area contributed by atoms with E-state index in [0.29, 0.717) is 48.8 Å². The number of ether oxygens (including phenoxy) is 2. The van der Waals surface area contributed by atoms with Crippen LogP contribution in [0.25, 0.3) is 5.69 Å². The number of aromatic nitrogens is 2. The number of nitrogens with one attached hydrogen (secondary N) is 1. The molecule has 0 saturated carbocycles. The van der Waals surface area contributed by atoms with Crippen LogP contribution in [0.3, 0.4) is 0 Å². The van der Waals surface area contributed by atoms with Crippen molar-refractivity contribution in [2.45, 2.75) is 38.5 Å². The Bertz CT molecular complexity index is 1310. The molecule has 3 aromatic rings. The zero-order valence-corrected chi connectivity index (χ0v) is 19.8. The number of halogens is 1. The van der Waals surface area contributed by atoms with E-state index in [1.54, 1.807) is 39.9 Å². The number of amides is 2. The Morgan fingerprint density at radius 2 is 1.72 bits per heavy atom. The summed E-state index contributed by atoms with van der Waals surface area (Å²) in [6.45, 7) is 1.18. The van der Waals surface area contributed by atoms with Crippen molar-refractivity contribution in [1.82, 2.24) is 14.7 Å². The van der Waals surface area contributed by atoms with Crippen LogP contribution in [-0.4, -0.2) is 46.4 Å². The highest BCUT2D eigenvalue weighted by Gasteiger charge is 2.32. The van der Waals surface area contributed by atoms with Gasteiger partial charge in [0.15, 0.2) is 17.2 Å². The van der Waals surface area contributed by atoms with Crippen LogP contribution in [-0.2, 0) is 17.6 Å². The van der Waals surface area contributed by atoms with Crippen LogP contribution in [0.5, 0.6) is 11.5 Å². The molecule has 9 heteroatoms. The largest absolute Gasteiger partial charge is 0.454 e. The minimum Gasteiger partial charge on any atom is -0.454 e. The van der Waals surface area contributed by atoms with Crippen LogP contribution < -0.4 is 14.8 Å². The third-order valence-electron chi connectivity index (χ3n) is 7.25. The van der Waals surface area contributed by atoms with E-state index in [1.807, 2.05) is 0 Å². The lowest BCUT2D eigenvalue weighted by Gasteiger charge is -2.31. The summed E-state index contributed by atoms with van der Waals surface area (Å²) >= 11 is 0. The summed E-state index contributed by atoms with van der Waals surface area (Å²) < 4.78 is 25.9. The summed E-state index contributed by atoms with van der Waals surface area (Å²) in [4.78, 5) is 28.2. The predicted octanol–water partition coefficient (Wildman–Crippen LogP) is 4.11. The second-order valence-electron chi connectivity index (χ2n) is 9.49. The van der Waals surface area contributed by atoms with Crippen molar-refractivity contribution in [1.29, 1.82) is 0 Å². The van der Waals surface area contributed by atoms with Gasteiger partial charge >= 0.3 is 0 Å². The van der Waals surface area contributed by atoms with Crippen molar-refractivity contribution in [2.75, 3.05) is 25.2 Å². The first-order valence-electron chi connectivity index (χ1n) is 12.4. The minimum atomic E-state index is -0.304. The molecule has 3 heterocycles. The van der Waals surface area contributed by atoms with E-state index in [9.17, 15) is 14.0 Å². The van der Waals surface area contributed by atoms with Gasteiger partial charge in [0.05, 0.1) is 5.69 Å². The van der Waals surface area contributed by atoms with Gasteiger partial charge in [-0.25, -0.2) is 9.07 Å². The fraction of sp³-hybridized carbons (Fsp3) is 0.370. The summed E-state index contributed by atoms with van der Waals surface area (Å²) in [7, 11) is 0. The minimum absolute atomic E-state index is 0.0565. The Balaban J connectivity index is 1.14. The highest BCUT2D eigenvalue weighted by atomic mass is 19.1. The Morgan fingerprint density at radius 3 is 2.53 bits per heavy atom. The summed E-state index contributed by atoms with van der Waals surface area (Å²) in [6.07, 6.45) is 4.88. The van der Waals surface area contributed by atoms with Gasteiger partial charge in [-0.3, -0.25) is 9.59 Å². The number of carbonyl (C=O) groups is 2. The number of anilines is 1. The van der Waals surface area contributed by atoms with Crippen molar-refractivity contribution in [3.8, 4) is 17.2 Å². The number of hydrogen-bond acceptors (Lipinski definition) is 5. The standard InChI is InChI=1S/C27H27FN4O4/c28-18-5-8-20(9-6-18)32-22-4-2-1-3-21(22)25(30-32)27(34)31-13-11-17(12-14-31)26(33)29-19-7-10-23-24(15-19)36-16-35-23/h5-10,15,17H,1-4,11-14,16H2,(H,29,33). The summed E-state index contributed by atoms with van der Waals surface area (Å²) in [5, 5.41) is 7.67. The van der Waals surface area contributed by atoms with Crippen molar-refractivity contribution in [3.63, 3.8) is 0 Å². The van der Waals surface area contributed by atoms with Crippen molar-refractivity contribution in [3.05, 3.63) is 65.2 Å². The first kappa shape index (κ1) is 22.6. The number of likely N-dealkylation sites (tertiary alicyclic amines) is 1. The molecule has 36 heavy (non-hydrogen) atoms. The van der Waals surface area contributed by atoms with Crippen LogP contribution in [0.4, 0.5) is 10.1 Å². The lowest BCUT2D eigenvalue weighted by atomic mass is 9.93. The van der Waals surface area contributed by atoms with E-state index in [4.69, 9.17) is 14.6 Å². The van der Waals surface area contributed by atoms with Crippen LogP contribution in [0, 0.1) is 11.7 Å². The second kappa shape index (κ2) is 9.29. The molecule has 0 radical (unpaired) electrons. The van der Waals surface area contributed by atoms with Crippen molar-refractivity contribution >= 4 is 17.5 Å². The normalized spacial score (nSPS) is 17.1. The number of nitrogens with zero attached hydrogens (tertiary/aromatic N) is 3. The van der Waals surface area contributed by atoms with E-state index in [-0.39, 0.29) is 30.3 Å². The van der Waals surface area contributed by atoms with Gasteiger partial charge in [0.1, 0.15) is 5.82 Å². The Kier molecular flexibility index (Phi) is 5.83. The molecule has 2 aliphatic heterocycles. The van der Waals surface area contributed by atoms with Crippen molar-refractivity contribution in [2.24, 2.45) is 5.92 Å². The van der Waals surface area contributed by atoms with E-state index in [2.05, 4.69) is 5.32 Å². The van der Waals surface area contributed by atoms with Crippen LogP contribution >= 0.6 is 0 Å². The predicted molar refractivity (Wildman–Crippen MR) is 130 cm³/mol. The van der Waals surface area contributed by atoms with Crippen LogP contribution in [0.15, 0.2) is 42.5 Å². The first-order valence-corrected chi connectivity index (χ1v) is 12.4. The molecule has 1 aliphatic carbocycles. The third kappa shape index (κ3) is 4.19. The lowest BCUT2D eigenvalue weighted by molar-refractivity contribution is -0.121. The molecule has 0 bridgehead atoms. The van der Waals surface area contributed by atoms with Gasteiger partial charge in [-0.2, -0.15) is 5.10 Å². The number of rotatable bonds is 4. The molecular weight excluding hydrogens is 463 g/mol. The quantitative estimate of drug-likeness (QED) is 0.595. The lowest BCUT2D eigenvalue weighted by Crippen LogP contribution is -2.42. The summed E-state index contributed by atoms with van der Waals surface area (Å²) in [6, 6.07) is 11.5. The molecule has 1 fully saturated rings. The molecule has 1 aromatic heterocycles. The molecule has 0 spiro atoms. The average molecular weight is 491 g/mol. The molecule has 0 atom stereocenters. The molecule has 0 unspecified atom stereocenters. The average Bonchev–Trinajstić information content (AvgIpc) is 3.53. The van der Waals surface area contributed by atoms with Crippen molar-refractivity contribution < 1.29 is 23.5 Å². The number of benzene rings is 2. The molecular formula is C27H27FN4O4. The number of carbonyl (C=O) groups excluding carboxylic acids is 2. The van der Waals surface area contributed by atoms with Gasteiger partial charge in [-0.1, -0.05) is 0 Å². The topological polar surface area (TPSA) is 85.7 Å². The molecule has 8 nitrogen and oxygen atoms in total. The smallest absolute Gasteiger partial charge is 0.274 e. The molecule has 2 amide bonds. The number of fused-ring (bicyclic) bond motifs is 2. The molecule has 3 aliphatic rings. The molecule has 1 saturated heterocycles. The number of hydrogen-bond donors (Lipinski definition) is 1. The maximum absolute atomic E-state index is 13.5. The van der Waals surface area contributed by atoms with Gasteiger partial charge < -0.3 is 19.7 Å². The van der Waals surface area contributed by atoms with Gasteiger partial charge in [-0.05, 0) is 74.9 Å². The second-order valence-corrected chi connectivity index (χ2v) is 9.49. The highest BCUT2D eigenvalue weighted by molar-refractivity contribution is 5.95. The van der Waals surface area contributed by atoms with E-state index >= 15 is 0 Å². The third-order valence-corrected chi connectivity index (χ3v) is 7.25. The Hall–Kier alpha value is -3.88. The Labute approximate surface area is 208 Å². The fourth-order valence-corrected chi connectivity index (χ4v) is 5.28. The number of piperidine rings is 1. The summed E-state index contributed by atoms with van der Waals surface area (Å²) in [5.41, 5.74) is 3.94. The maximum atomic E-state index is 13.5. The van der Waals surface area contributed by atoms with E-state index in [0.717, 1.165) is 42.6 Å². The molecule has 2 aromatic carbocycles. The zero-order valence-electron chi connectivity index (χ0n) is 19.8. The van der Waals surface area contributed by atoms with E-state index < -0.39 is 0 Å². The van der Waals surface area contributed by atoms with Gasteiger partial charge in [0, 0.05) is 42.0 Å². The Morgan fingerprint density at radius 1 is 0.972 bits per heavy atom. The van der Waals surface area contributed by atoms with Gasteiger partial charge in [-0.15, -0.1) is 0 Å².